The SMILES string of the molecule is O=c1oc(=O)c2c3ccccc3c1=2. The van der Waals surface area contributed by atoms with Crippen LogP contribution in [0.2, 0.25) is 0 Å². The van der Waals surface area contributed by atoms with Crippen molar-refractivity contribution < 1.29 is 4.42 Å². The molecule has 0 spiro atoms. The van der Waals surface area contributed by atoms with Crippen molar-refractivity contribution in [3.05, 3.63) is 55.5 Å². The number of rotatable bonds is 0. The minimum Gasteiger partial charge on any atom is -0.386 e. The maximum atomic E-state index is 11.1. The molecule has 0 fully saturated rings. The second-order valence-electron chi connectivity index (χ2n) is 2.97. The van der Waals surface area contributed by atoms with Crippen molar-refractivity contribution in [1.82, 2.24) is 0 Å². The van der Waals surface area contributed by atoms with Crippen LogP contribution in [0.15, 0.2) is 38.3 Å². The molecule has 1 aromatic carbocycles. The highest BCUT2D eigenvalue weighted by Crippen LogP contribution is 2.19. The first kappa shape index (κ1) is 6.60. The highest BCUT2D eigenvalue weighted by Gasteiger charge is 2.14. The standard InChI is InChI=1S/C10H4O3/c11-9-7-5-3-1-2-4-6(5)8(7)10(12)13-9/h1-4H. The number of benzene rings is 1. The molecule has 62 valence electrons. The van der Waals surface area contributed by atoms with Gasteiger partial charge in [-0.3, -0.25) is 0 Å². The number of fused-ring (bicyclic) bond motifs is 3. The minimum atomic E-state index is -0.515. The Kier molecular flexibility index (Phi) is 0.953. The molecule has 0 bridgehead atoms. The van der Waals surface area contributed by atoms with Crippen LogP contribution in [-0.4, -0.2) is 0 Å². The van der Waals surface area contributed by atoms with Gasteiger partial charge in [0.2, 0.25) is 0 Å². The van der Waals surface area contributed by atoms with E-state index in [0.717, 1.165) is 10.8 Å². The summed E-state index contributed by atoms with van der Waals surface area (Å²) in [6, 6.07) is 7.29. The maximum absolute atomic E-state index is 11.1. The molecule has 0 radical (unpaired) electrons. The second kappa shape index (κ2) is 1.88. The van der Waals surface area contributed by atoms with Crippen molar-refractivity contribution in [1.29, 1.82) is 0 Å². The van der Waals surface area contributed by atoms with E-state index in [-0.39, 0.29) is 0 Å². The Balaban J connectivity index is 2.86. The van der Waals surface area contributed by atoms with Crippen molar-refractivity contribution in [3.63, 3.8) is 0 Å². The highest BCUT2D eigenvalue weighted by atomic mass is 16.4. The van der Waals surface area contributed by atoms with Crippen LogP contribution in [0.3, 0.4) is 0 Å². The van der Waals surface area contributed by atoms with E-state index < -0.39 is 11.3 Å². The highest BCUT2D eigenvalue weighted by molar-refractivity contribution is 5.88. The first-order valence-corrected chi connectivity index (χ1v) is 3.89. The van der Waals surface area contributed by atoms with Gasteiger partial charge in [0.25, 0.3) is 0 Å². The zero-order valence-corrected chi connectivity index (χ0v) is 6.53. The van der Waals surface area contributed by atoms with Gasteiger partial charge in [0.05, 0.1) is 10.4 Å². The van der Waals surface area contributed by atoms with Crippen LogP contribution in [0, 0.1) is 10.4 Å². The average molecular weight is 172 g/mol. The first-order chi connectivity index (χ1) is 6.29. The van der Waals surface area contributed by atoms with Crippen LogP contribution in [0.5, 0.6) is 0 Å². The molecule has 0 N–H and O–H groups in total. The zero-order chi connectivity index (χ0) is 9.00. The van der Waals surface area contributed by atoms with Gasteiger partial charge in [0.15, 0.2) is 0 Å². The Bertz CT molecular complexity index is 664. The Hall–Kier alpha value is -1.90. The Morgan fingerprint density at radius 3 is 1.77 bits per heavy atom. The van der Waals surface area contributed by atoms with Crippen molar-refractivity contribution in [2.24, 2.45) is 0 Å². The lowest BCUT2D eigenvalue weighted by Gasteiger charge is -1.97. The fourth-order valence-electron chi connectivity index (χ4n) is 1.74. The lowest BCUT2D eigenvalue weighted by atomic mass is 10.0. The molecule has 1 aliphatic heterocycles. The Morgan fingerprint density at radius 1 is 0.846 bits per heavy atom. The second-order valence-corrected chi connectivity index (χ2v) is 2.97. The molecule has 0 saturated carbocycles. The summed E-state index contributed by atoms with van der Waals surface area (Å²) in [5.74, 6) is 0. The summed E-state index contributed by atoms with van der Waals surface area (Å²) in [6.45, 7) is 0. The van der Waals surface area contributed by atoms with E-state index in [0.29, 0.717) is 10.4 Å². The third-order valence-electron chi connectivity index (χ3n) is 2.31. The molecule has 3 nitrogen and oxygen atoms in total. The molecule has 2 aliphatic rings. The molecule has 0 unspecified atom stereocenters. The van der Waals surface area contributed by atoms with Gasteiger partial charge < -0.3 is 4.42 Å². The number of hydrogen-bond donors (Lipinski definition) is 0. The molecule has 1 heterocycles. The van der Waals surface area contributed by atoms with E-state index in [1.54, 1.807) is 0 Å². The Morgan fingerprint density at radius 2 is 1.31 bits per heavy atom. The molecule has 0 saturated heterocycles. The smallest absolute Gasteiger partial charge is 0.347 e. The van der Waals surface area contributed by atoms with Gasteiger partial charge in [-0.15, -0.1) is 0 Å². The summed E-state index contributed by atoms with van der Waals surface area (Å²) in [5, 5.41) is 2.54. The predicted molar refractivity (Wildman–Crippen MR) is 46.4 cm³/mol. The molecule has 0 amide bonds. The van der Waals surface area contributed by atoms with Crippen LogP contribution in [0.25, 0.3) is 10.8 Å². The summed E-state index contributed by atoms with van der Waals surface area (Å²) in [7, 11) is 0. The molecule has 0 atom stereocenters. The van der Waals surface area contributed by atoms with E-state index in [1.807, 2.05) is 24.3 Å². The zero-order valence-electron chi connectivity index (χ0n) is 6.53. The topological polar surface area (TPSA) is 47.3 Å². The molecule has 0 aromatic heterocycles. The van der Waals surface area contributed by atoms with Crippen LogP contribution < -0.4 is 11.3 Å². The van der Waals surface area contributed by atoms with Gasteiger partial charge >= 0.3 is 11.3 Å². The molecule has 3 heteroatoms. The third kappa shape index (κ3) is 0.605. The Labute approximate surface area is 71.6 Å². The normalized spacial score (nSPS) is 11.7. The summed E-state index contributed by atoms with van der Waals surface area (Å²) < 4.78 is 4.48. The van der Waals surface area contributed by atoms with Crippen molar-refractivity contribution in [2.45, 2.75) is 0 Å². The van der Waals surface area contributed by atoms with Gasteiger partial charge in [-0.2, -0.15) is 0 Å². The predicted octanol–water partition coefficient (Wildman–Crippen LogP) is 0.754. The fraction of sp³-hybridized carbons (Fsp3) is 0. The van der Waals surface area contributed by atoms with Crippen LogP contribution >= 0.6 is 0 Å². The summed E-state index contributed by atoms with van der Waals surface area (Å²) >= 11 is 0. The maximum Gasteiger partial charge on any atom is 0.347 e. The number of hydrogen-bond acceptors (Lipinski definition) is 3. The van der Waals surface area contributed by atoms with Crippen molar-refractivity contribution >= 4 is 10.8 Å². The molecule has 1 aliphatic carbocycles. The van der Waals surface area contributed by atoms with Crippen molar-refractivity contribution in [2.75, 3.05) is 0 Å². The summed E-state index contributed by atoms with van der Waals surface area (Å²) in [4.78, 5) is 22.2. The molecule has 13 heavy (non-hydrogen) atoms. The monoisotopic (exact) mass is 172 g/mol. The first-order valence-electron chi connectivity index (χ1n) is 3.89. The van der Waals surface area contributed by atoms with Gasteiger partial charge in [0.1, 0.15) is 0 Å². The quantitative estimate of drug-likeness (QED) is 0.502. The average Bonchev–Trinajstić information content (AvgIpc) is 2.30. The van der Waals surface area contributed by atoms with Gasteiger partial charge in [-0.1, -0.05) is 24.3 Å². The fourth-order valence-corrected chi connectivity index (χ4v) is 1.74. The van der Waals surface area contributed by atoms with E-state index >= 15 is 0 Å². The third-order valence-corrected chi connectivity index (χ3v) is 2.31. The van der Waals surface area contributed by atoms with E-state index in [9.17, 15) is 9.59 Å². The van der Waals surface area contributed by atoms with Crippen molar-refractivity contribution in [3.8, 4) is 0 Å². The van der Waals surface area contributed by atoms with E-state index in [2.05, 4.69) is 4.42 Å². The molecule has 3 rings (SSSR count). The van der Waals surface area contributed by atoms with Gasteiger partial charge in [-0.25, -0.2) is 9.59 Å². The summed E-state index contributed by atoms with van der Waals surface area (Å²) in [5.41, 5.74) is -1.03. The van der Waals surface area contributed by atoms with E-state index in [1.165, 1.54) is 0 Å². The van der Waals surface area contributed by atoms with Gasteiger partial charge in [0, 0.05) is 0 Å². The van der Waals surface area contributed by atoms with Crippen LogP contribution in [0.1, 0.15) is 0 Å². The van der Waals surface area contributed by atoms with Crippen LogP contribution in [0.4, 0.5) is 0 Å². The van der Waals surface area contributed by atoms with Gasteiger partial charge in [-0.05, 0) is 10.8 Å². The molecular weight excluding hydrogens is 168 g/mol. The largest absolute Gasteiger partial charge is 0.386 e. The lowest BCUT2D eigenvalue weighted by Crippen LogP contribution is -1.98. The minimum absolute atomic E-state index is 0.445. The van der Waals surface area contributed by atoms with Crippen LogP contribution in [-0.2, 0) is 0 Å². The summed E-state index contributed by atoms with van der Waals surface area (Å²) in [6.07, 6.45) is 0. The van der Waals surface area contributed by atoms with E-state index in [4.69, 9.17) is 0 Å². The molecule has 1 aromatic rings. The molecular formula is C10H4O3. The lowest BCUT2D eigenvalue weighted by molar-refractivity contribution is 0.490.